The van der Waals surface area contributed by atoms with Crippen molar-refractivity contribution in [2.24, 2.45) is 0 Å². The molecule has 3 rings (SSSR count). The highest BCUT2D eigenvalue weighted by Gasteiger charge is 2.18. The van der Waals surface area contributed by atoms with Crippen LogP contribution in [0, 0.1) is 0 Å². The standard InChI is InChI=1S/C17H16S/c1-13-11-15-9-5-6-10-16(15)17(13)18-12-14-7-3-2-4-8-14/h2-10H,11-12H2,1H3. The van der Waals surface area contributed by atoms with Crippen molar-refractivity contribution in [1.82, 2.24) is 0 Å². The Hall–Kier alpha value is -1.47. The predicted molar refractivity (Wildman–Crippen MR) is 80.5 cm³/mol. The molecule has 0 nitrogen and oxygen atoms in total. The third-order valence-corrected chi connectivity index (χ3v) is 4.67. The zero-order valence-corrected chi connectivity index (χ0v) is 11.3. The van der Waals surface area contributed by atoms with Crippen molar-refractivity contribution in [3.8, 4) is 0 Å². The van der Waals surface area contributed by atoms with Gasteiger partial charge in [-0.1, -0.05) is 60.2 Å². The van der Waals surface area contributed by atoms with Crippen LogP contribution in [0.15, 0.2) is 60.2 Å². The van der Waals surface area contributed by atoms with E-state index >= 15 is 0 Å². The fourth-order valence-electron chi connectivity index (χ4n) is 2.42. The lowest BCUT2D eigenvalue weighted by Crippen LogP contribution is -1.83. The molecule has 1 aliphatic rings. The molecule has 0 aromatic heterocycles. The summed E-state index contributed by atoms with van der Waals surface area (Å²) in [5, 5.41) is 0. The summed E-state index contributed by atoms with van der Waals surface area (Å²) in [6, 6.07) is 19.5. The molecular formula is C17H16S. The minimum Gasteiger partial charge on any atom is -0.121 e. The monoisotopic (exact) mass is 252 g/mol. The highest BCUT2D eigenvalue weighted by molar-refractivity contribution is 8.07. The van der Waals surface area contributed by atoms with Crippen LogP contribution < -0.4 is 0 Å². The molecule has 0 unspecified atom stereocenters. The molecule has 0 heterocycles. The Morgan fingerprint density at radius 3 is 2.50 bits per heavy atom. The molecule has 0 atom stereocenters. The van der Waals surface area contributed by atoms with Gasteiger partial charge in [0, 0.05) is 10.7 Å². The Morgan fingerprint density at radius 2 is 1.67 bits per heavy atom. The van der Waals surface area contributed by atoms with Crippen LogP contribution in [0.4, 0.5) is 0 Å². The number of rotatable bonds is 3. The molecule has 0 saturated carbocycles. The lowest BCUT2D eigenvalue weighted by atomic mass is 10.1. The molecule has 0 spiro atoms. The maximum atomic E-state index is 2.26. The highest BCUT2D eigenvalue weighted by atomic mass is 32.2. The number of fused-ring (bicyclic) bond motifs is 1. The zero-order valence-electron chi connectivity index (χ0n) is 10.5. The summed E-state index contributed by atoms with van der Waals surface area (Å²) in [5.41, 5.74) is 5.82. The van der Waals surface area contributed by atoms with E-state index in [-0.39, 0.29) is 0 Å². The first-order valence-electron chi connectivity index (χ1n) is 6.29. The van der Waals surface area contributed by atoms with Crippen LogP contribution in [0.25, 0.3) is 4.91 Å². The van der Waals surface area contributed by atoms with Gasteiger partial charge in [-0.25, -0.2) is 0 Å². The second kappa shape index (κ2) is 5.03. The van der Waals surface area contributed by atoms with E-state index in [4.69, 9.17) is 0 Å². The summed E-state index contributed by atoms with van der Waals surface area (Å²) < 4.78 is 0. The van der Waals surface area contributed by atoms with E-state index in [9.17, 15) is 0 Å². The molecule has 90 valence electrons. The van der Waals surface area contributed by atoms with E-state index in [1.54, 1.807) is 0 Å². The normalized spacial score (nSPS) is 13.8. The molecule has 0 aliphatic heterocycles. The van der Waals surface area contributed by atoms with Crippen molar-refractivity contribution in [1.29, 1.82) is 0 Å². The van der Waals surface area contributed by atoms with Gasteiger partial charge in [0.2, 0.25) is 0 Å². The number of benzene rings is 2. The van der Waals surface area contributed by atoms with Gasteiger partial charge in [0.25, 0.3) is 0 Å². The first-order valence-corrected chi connectivity index (χ1v) is 7.28. The lowest BCUT2D eigenvalue weighted by molar-refractivity contribution is 1.19. The molecule has 2 aromatic rings. The minimum atomic E-state index is 1.06. The third kappa shape index (κ3) is 2.23. The number of hydrogen-bond donors (Lipinski definition) is 0. The van der Waals surface area contributed by atoms with E-state index in [1.165, 1.54) is 27.2 Å². The van der Waals surface area contributed by atoms with Crippen LogP contribution in [-0.2, 0) is 12.2 Å². The zero-order chi connectivity index (χ0) is 12.4. The Kier molecular flexibility index (Phi) is 3.24. The Balaban J connectivity index is 1.79. The third-order valence-electron chi connectivity index (χ3n) is 3.33. The SMILES string of the molecule is CC1=C(SCc2ccccc2)c2ccccc2C1. The number of allylic oxidation sites excluding steroid dienone is 1. The summed E-state index contributed by atoms with van der Waals surface area (Å²) in [5.74, 6) is 1.06. The van der Waals surface area contributed by atoms with Crippen LogP contribution in [0.5, 0.6) is 0 Å². The Bertz CT molecular complexity index is 582. The van der Waals surface area contributed by atoms with Crippen molar-refractivity contribution in [2.45, 2.75) is 19.1 Å². The van der Waals surface area contributed by atoms with Gasteiger partial charge in [-0.05, 0) is 30.0 Å². The van der Waals surface area contributed by atoms with Gasteiger partial charge in [0.15, 0.2) is 0 Å². The van der Waals surface area contributed by atoms with Crippen LogP contribution in [0.1, 0.15) is 23.6 Å². The molecule has 0 N–H and O–H groups in total. The Morgan fingerprint density at radius 1 is 0.944 bits per heavy atom. The molecule has 0 fully saturated rings. The van der Waals surface area contributed by atoms with Gasteiger partial charge in [0.1, 0.15) is 0 Å². The molecule has 0 radical (unpaired) electrons. The van der Waals surface area contributed by atoms with Gasteiger partial charge >= 0.3 is 0 Å². The maximum Gasteiger partial charge on any atom is 0.0232 e. The van der Waals surface area contributed by atoms with E-state index in [0.717, 1.165) is 12.2 Å². The van der Waals surface area contributed by atoms with E-state index in [2.05, 4.69) is 61.5 Å². The molecule has 0 bridgehead atoms. The number of thioether (sulfide) groups is 1. The summed E-state index contributed by atoms with van der Waals surface area (Å²) >= 11 is 1.97. The molecule has 0 amide bonds. The average molecular weight is 252 g/mol. The lowest BCUT2D eigenvalue weighted by Gasteiger charge is -2.06. The fourth-order valence-corrected chi connectivity index (χ4v) is 3.60. The van der Waals surface area contributed by atoms with Crippen molar-refractivity contribution >= 4 is 16.7 Å². The van der Waals surface area contributed by atoms with Crippen LogP contribution in [-0.4, -0.2) is 0 Å². The average Bonchev–Trinajstić information content (AvgIpc) is 2.73. The summed E-state index contributed by atoms with van der Waals surface area (Å²) in [6.07, 6.45) is 1.12. The molecule has 1 aliphatic carbocycles. The Labute approximate surface area is 113 Å². The molecule has 0 saturated heterocycles. The second-order valence-corrected chi connectivity index (χ2v) is 5.70. The molecule has 2 aromatic carbocycles. The van der Waals surface area contributed by atoms with Gasteiger partial charge < -0.3 is 0 Å². The van der Waals surface area contributed by atoms with Gasteiger partial charge in [-0.15, -0.1) is 11.8 Å². The van der Waals surface area contributed by atoms with Crippen LogP contribution in [0.2, 0.25) is 0 Å². The predicted octanol–water partition coefficient (Wildman–Crippen LogP) is 4.91. The first kappa shape index (κ1) is 11.6. The minimum absolute atomic E-state index is 1.06. The smallest absolute Gasteiger partial charge is 0.0232 e. The van der Waals surface area contributed by atoms with Gasteiger partial charge in [-0.3, -0.25) is 0 Å². The van der Waals surface area contributed by atoms with E-state index < -0.39 is 0 Å². The molecule has 1 heteroatoms. The molecular weight excluding hydrogens is 236 g/mol. The van der Waals surface area contributed by atoms with Crippen LogP contribution in [0.3, 0.4) is 0 Å². The van der Waals surface area contributed by atoms with Crippen molar-refractivity contribution in [3.63, 3.8) is 0 Å². The summed E-state index contributed by atoms with van der Waals surface area (Å²) in [4.78, 5) is 1.48. The van der Waals surface area contributed by atoms with Crippen molar-refractivity contribution in [2.75, 3.05) is 0 Å². The first-order chi connectivity index (χ1) is 8.84. The van der Waals surface area contributed by atoms with Crippen molar-refractivity contribution in [3.05, 3.63) is 76.9 Å². The van der Waals surface area contributed by atoms with E-state index in [0.29, 0.717) is 0 Å². The largest absolute Gasteiger partial charge is 0.121 e. The van der Waals surface area contributed by atoms with Crippen molar-refractivity contribution < 1.29 is 0 Å². The van der Waals surface area contributed by atoms with Gasteiger partial charge in [-0.2, -0.15) is 0 Å². The second-order valence-electron chi connectivity index (χ2n) is 4.72. The van der Waals surface area contributed by atoms with Crippen LogP contribution >= 0.6 is 11.8 Å². The highest BCUT2D eigenvalue weighted by Crippen LogP contribution is 2.41. The van der Waals surface area contributed by atoms with Gasteiger partial charge in [0.05, 0.1) is 0 Å². The summed E-state index contributed by atoms with van der Waals surface area (Å²) in [6.45, 7) is 2.26. The molecule has 18 heavy (non-hydrogen) atoms. The van der Waals surface area contributed by atoms with E-state index in [1.807, 2.05) is 11.8 Å². The number of hydrogen-bond acceptors (Lipinski definition) is 1. The fraction of sp³-hybridized carbons (Fsp3) is 0.176. The summed E-state index contributed by atoms with van der Waals surface area (Å²) in [7, 11) is 0. The quantitative estimate of drug-likeness (QED) is 0.748. The maximum absolute atomic E-state index is 2.26. The topological polar surface area (TPSA) is 0 Å².